The summed E-state index contributed by atoms with van der Waals surface area (Å²) in [6.07, 6.45) is 0. The topological polar surface area (TPSA) is 103 Å². The van der Waals surface area contributed by atoms with E-state index in [1.54, 1.807) is 24.3 Å². The molecule has 0 bridgehead atoms. The van der Waals surface area contributed by atoms with Gasteiger partial charge < -0.3 is 14.8 Å². The Hall–Kier alpha value is -2.75. The van der Waals surface area contributed by atoms with Gasteiger partial charge in [-0.15, -0.1) is 0 Å². The van der Waals surface area contributed by atoms with E-state index < -0.39 is 10.8 Å². The van der Waals surface area contributed by atoms with Crippen molar-refractivity contribution >= 4 is 46.2 Å². The first-order valence-corrected chi connectivity index (χ1v) is 9.06. The van der Waals surface area contributed by atoms with E-state index in [-0.39, 0.29) is 15.8 Å². The molecule has 0 spiro atoms. The van der Waals surface area contributed by atoms with Crippen molar-refractivity contribution < 1.29 is 19.2 Å². The number of hydrogen-bond acceptors (Lipinski definition) is 6. The second-order valence-electron chi connectivity index (χ2n) is 5.40. The molecule has 0 heterocycles. The van der Waals surface area contributed by atoms with Crippen LogP contribution in [0.1, 0.15) is 17.3 Å². The summed E-state index contributed by atoms with van der Waals surface area (Å²) in [5.41, 5.74) is 0.448. The zero-order valence-electron chi connectivity index (χ0n) is 14.9. The van der Waals surface area contributed by atoms with Gasteiger partial charge in [0.05, 0.1) is 11.5 Å². The molecule has 0 fully saturated rings. The van der Waals surface area contributed by atoms with Crippen LogP contribution in [-0.4, -0.2) is 35.8 Å². The number of halogens is 1. The maximum atomic E-state index is 12.3. The molecule has 0 aliphatic carbocycles. The third kappa shape index (κ3) is 6.45. The van der Waals surface area contributed by atoms with Crippen molar-refractivity contribution in [1.29, 1.82) is 0 Å². The van der Waals surface area contributed by atoms with Crippen LogP contribution in [0.15, 0.2) is 42.5 Å². The van der Waals surface area contributed by atoms with E-state index in [0.717, 1.165) is 0 Å². The lowest BCUT2D eigenvalue weighted by Crippen LogP contribution is -2.34. The number of carbonyl (C=O) groups excluding carboxylic acids is 1. The second-order valence-corrected chi connectivity index (χ2v) is 6.22. The summed E-state index contributed by atoms with van der Waals surface area (Å²) < 4.78 is 10.7. The van der Waals surface area contributed by atoms with Crippen molar-refractivity contribution in [3.8, 4) is 5.75 Å². The molecule has 0 radical (unpaired) electrons. The SMILES string of the molecule is CCOCCOc1ccc(C(=O)NC(=S)Nc2ccc(Cl)c([N+](=O)[O-])c2)cc1. The third-order valence-electron chi connectivity index (χ3n) is 3.44. The molecule has 2 rings (SSSR count). The molecule has 0 saturated heterocycles. The Morgan fingerprint density at radius 2 is 1.93 bits per heavy atom. The van der Waals surface area contributed by atoms with Gasteiger partial charge in [0, 0.05) is 23.9 Å². The van der Waals surface area contributed by atoms with E-state index in [0.29, 0.717) is 36.8 Å². The number of benzene rings is 2. The minimum absolute atomic E-state index is 0.00124. The highest BCUT2D eigenvalue weighted by atomic mass is 35.5. The first-order valence-electron chi connectivity index (χ1n) is 8.27. The Labute approximate surface area is 171 Å². The van der Waals surface area contributed by atoms with E-state index in [9.17, 15) is 14.9 Å². The first kappa shape index (κ1) is 21.5. The molecule has 2 aromatic carbocycles. The van der Waals surface area contributed by atoms with E-state index >= 15 is 0 Å². The van der Waals surface area contributed by atoms with E-state index in [1.165, 1.54) is 18.2 Å². The quantitative estimate of drug-likeness (QED) is 0.288. The van der Waals surface area contributed by atoms with Gasteiger partial charge in [0.25, 0.3) is 11.6 Å². The van der Waals surface area contributed by atoms with Gasteiger partial charge in [0.1, 0.15) is 17.4 Å². The molecular weight excluding hydrogens is 406 g/mol. The lowest BCUT2D eigenvalue weighted by atomic mass is 10.2. The normalized spacial score (nSPS) is 10.2. The summed E-state index contributed by atoms with van der Waals surface area (Å²) in [7, 11) is 0. The number of amides is 1. The highest BCUT2D eigenvalue weighted by molar-refractivity contribution is 7.80. The molecule has 0 unspecified atom stereocenters. The maximum absolute atomic E-state index is 12.3. The van der Waals surface area contributed by atoms with Crippen molar-refractivity contribution in [2.24, 2.45) is 0 Å². The van der Waals surface area contributed by atoms with Gasteiger partial charge >= 0.3 is 0 Å². The fraction of sp³-hybridized carbons (Fsp3) is 0.222. The number of nitro groups is 1. The Bertz CT molecular complexity index is 861. The first-order chi connectivity index (χ1) is 13.4. The van der Waals surface area contributed by atoms with Crippen LogP contribution in [0.2, 0.25) is 5.02 Å². The van der Waals surface area contributed by atoms with E-state index in [4.69, 9.17) is 33.3 Å². The zero-order valence-corrected chi connectivity index (χ0v) is 16.5. The predicted octanol–water partition coefficient (Wildman–Crippen LogP) is 3.79. The van der Waals surface area contributed by atoms with Gasteiger partial charge in [0.15, 0.2) is 5.11 Å². The monoisotopic (exact) mass is 423 g/mol. The van der Waals surface area contributed by atoms with Crippen LogP contribution < -0.4 is 15.4 Å². The average molecular weight is 424 g/mol. The largest absolute Gasteiger partial charge is 0.491 e. The Kier molecular flexibility index (Phi) is 8.12. The van der Waals surface area contributed by atoms with Crippen LogP contribution >= 0.6 is 23.8 Å². The Balaban J connectivity index is 1.91. The number of carbonyl (C=O) groups is 1. The van der Waals surface area contributed by atoms with Gasteiger partial charge in [-0.3, -0.25) is 20.2 Å². The average Bonchev–Trinajstić information content (AvgIpc) is 2.67. The molecule has 8 nitrogen and oxygen atoms in total. The van der Waals surface area contributed by atoms with Crippen LogP contribution in [0.4, 0.5) is 11.4 Å². The molecule has 0 atom stereocenters. The zero-order chi connectivity index (χ0) is 20.5. The lowest BCUT2D eigenvalue weighted by Gasteiger charge is -2.10. The Morgan fingerprint density at radius 1 is 1.21 bits per heavy atom. The molecule has 0 aliphatic rings. The summed E-state index contributed by atoms with van der Waals surface area (Å²) >= 11 is 10.8. The number of thiocarbonyl (C=S) groups is 1. The summed E-state index contributed by atoms with van der Waals surface area (Å²) in [5, 5.41) is 16.1. The van der Waals surface area contributed by atoms with Crippen molar-refractivity contribution in [3.63, 3.8) is 0 Å². The number of ether oxygens (including phenoxy) is 2. The van der Waals surface area contributed by atoms with Crippen molar-refractivity contribution in [2.45, 2.75) is 6.92 Å². The lowest BCUT2D eigenvalue weighted by molar-refractivity contribution is -0.384. The van der Waals surface area contributed by atoms with Crippen LogP contribution in [0.5, 0.6) is 5.75 Å². The molecular formula is C18H18ClN3O5S. The molecule has 0 aromatic heterocycles. The van der Waals surface area contributed by atoms with Crippen molar-refractivity contribution in [1.82, 2.24) is 5.32 Å². The molecule has 148 valence electrons. The summed E-state index contributed by atoms with van der Waals surface area (Å²) in [4.78, 5) is 22.6. The fourth-order valence-corrected chi connectivity index (χ4v) is 2.53. The van der Waals surface area contributed by atoms with E-state index in [1.807, 2.05) is 6.92 Å². The number of hydrogen-bond donors (Lipinski definition) is 2. The molecule has 1 amide bonds. The highest BCUT2D eigenvalue weighted by Gasteiger charge is 2.14. The maximum Gasteiger partial charge on any atom is 0.289 e. The summed E-state index contributed by atoms with van der Waals surface area (Å²) in [6, 6.07) is 10.6. The molecule has 28 heavy (non-hydrogen) atoms. The molecule has 0 aliphatic heterocycles. The van der Waals surface area contributed by atoms with Crippen molar-refractivity contribution in [3.05, 3.63) is 63.2 Å². The third-order valence-corrected chi connectivity index (χ3v) is 3.97. The summed E-state index contributed by atoms with van der Waals surface area (Å²) in [5.74, 6) is 0.187. The number of anilines is 1. The van der Waals surface area contributed by atoms with Gasteiger partial charge in [-0.2, -0.15) is 0 Å². The van der Waals surface area contributed by atoms with Gasteiger partial charge in [-0.05, 0) is 55.5 Å². The minimum atomic E-state index is -0.604. The number of nitrogens with zero attached hydrogens (tertiary/aromatic N) is 1. The number of nitro benzene ring substituents is 1. The van der Waals surface area contributed by atoms with E-state index in [2.05, 4.69) is 10.6 Å². The molecule has 10 heteroatoms. The van der Waals surface area contributed by atoms with Crippen molar-refractivity contribution in [2.75, 3.05) is 25.1 Å². The van der Waals surface area contributed by atoms with Crippen LogP contribution in [0, 0.1) is 10.1 Å². The number of rotatable bonds is 8. The van der Waals surface area contributed by atoms with Crippen LogP contribution in [-0.2, 0) is 4.74 Å². The Morgan fingerprint density at radius 3 is 2.57 bits per heavy atom. The summed E-state index contributed by atoms with van der Waals surface area (Å²) in [6.45, 7) is 3.43. The smallest absolute Gasteiger partial charge is 0.289 e. The molecule has 2 aromatic rings. The van der Waals surface area contributed by atoms with Crippen LogP contribution in [0.25, 0.3) is 0 Å². The molecule has 2 N–H and O–H groups in total. The van der Waals surface area contributed by atoms with Gasteiger partial charge in [0.2, 0.25) is 0 Å². The van der Waals surface area contributed by atoms with Gasteiger partial charge in [-0.1, -0.05) is 11.6 Å². The fourth-order valence-electron chi connectivity index (χ4n) is 2.13. The minimum Gasteiger partial charge on any atom is -0.491 e. The standard InChI is InChI=1S/C18H18ClN3O5S/c1-2-26-9-10-27-14-6-3-12(4-7-14)17(23)21-18(28)20-13-5-8-15(19)16(11-13)22(24)25/h3-8,11H,2,9-10H2,1H3,(H2,20,21,23,28). The second kappa shape index (κ2) is 10.5. The highest BCUT2D eigenvalue weighted by Crippen LogP contribution is 2.27. The number of nitrogens with one attached hydrogen (secondary N) is 2. The van der Waals surface area contributed by atoms with Crippen LogP contribution in [0.3, 0.4) is 0 Å². The molecule has 0 saturated carbocycles. The van der Waals surface area contributed by atoms with Gasteiger partial charge in [-0.25, -0.2) is 0 Å². The predicted molar refractivity (Wildman–Crippen MR) is 110 cm³/mol.